The Balaban J connectivity index is 0.00000112. The van der Waals surface area contributed by atoms with Gasteiger partial charge in [-0.3, -0.25) is 0 Å². The first-order valence-electron chi connectivity index (χ1n) is 5.20. The molecule has 2 amide bonds. The number of ether oxygens (including phenoxy) is 1. The molecule has 1 unspecified atom stereocenters. The summed E-state index contributed by atoms with van der Waals surface area (Å²) >= 11 is 0. The Morgan fingerprint density at radius 2 is 2.13 bits per heavy atom. The molecule has 0 aromatic rings. The van der Waals surface area contributed by atoms with Crippen LogP contribution >= 0.6 is 12.4 Å². The summed E-state index contributed by atoms with van der Waals surface area (Å²) in [5.74, 6) is 0. The molecule has 5 nitrogen and oxygen atoms in total. The van der Waals surface area contributed by atoms with Gasteiger partial charge in [0.05, 0.1) is 13.2 Å². The summed E-state index contributed by atoms with van der Waals surface area (Å²) in [4.78, 5) is 13.5. The van der Waals surface area contributed by atoms with Crippen molar-refractivity contribution in [1.82, 2.24) is 15.5 Å². The van der Waals surface area contributed by atoms with Gasteiger partial charge in [-0.1, -0.05) is 0 Å². The largest absolute Gasteiger partial charge is 0.378 e. The summed E-state index contributed by atoms with van der Waals surface area (Å²) in [6.45, 7) is 4.66. The summed E-state index contributed by atoms with van der Waals surface area (Å²) < 4.78 is 5.19. The summed E-state index contributed by atoms with van der Waals surface area (Å²) in [6, 6.07) is 0.368. The number of carbonyl (C=O) groups is 1. The number of hydrogen-bond donors (Lipinski definition) is 2. The number of morpholine rings is 1. The van der Waals surface area contributed by atoms with Gasteiger partial charge in [-0.15, -0.1) is 12.4 Å². The van der Waals surface area contributed by atoms with Crippen LogP contribution in [-0.2, 0) is 4.74 Å². The standard InChI is InChI=1S/C9H17N3O2.ClH/c13-9(11-8-1-2-10-7-8)12-3-5-14-6-4-12;/h8,10H,1-7H2,(H,11,13);1H. The van der Waals surface area contributed by atoms with Crippen molar-refractivity contribution in [3.63, 3.8) is 0 Å². The minimum atomic E-state index is 0. The molecule has 2 heterocycles. The van der Waals surface area contributed by atoms with E-state index in [9.17, 15) is 4.79 Å². The van der Waals surface area contributed by atoms with Gasteiger partial charge in [0.1, 0.15) is 0 Å². The number of nitrogens with one attached hydrogen (secondary N) is 2. The molecular weight excluding hydrogens is 218 g/mol. The van der Waals surface area contributed by atoms with E-state index < -0.39 is 0 Å². The molecule has 0 aromatic carbocycles. The van der Waals surface area contributed by atoms with Gasteiger partial charge in [-0.25, -0.2) is 4.79 Å². The summed E-state index contributed by atoms with van der Waals surface area (Å²) in [5.41, 5.74) is 0. The maximum Gasteiger partial charge on any atom is 0.317 e. The minimum Gasteiger partial charge on any atom is -0.378 e. The van der Waals surface area contributed by atoms with E-state index in [1.165, 1.54) is 0 Å². The van der Waals surface area contributed by atoms with Crippen LogP contribution in [0.4, 0.5) is 4.79 Å². The van der Waals surface area contributed by atoms with E-state index in [2.05, 4.69) is 10.6 Å². The van der Waals surface area contributed by atoms with E-state index in [1.54, 1.807) is 0 Å². The van der Waals surface area contributed by atoms with Crippen molar-refractivity contribution in [2.75, 3.05) is 39.4 Å². The minimum absolute atomic E-state index is 0. The molecule has 0 aliphatic carbocycles. The van der Waals surface area contributed by atoms with Gasteiger partial charge in [0.25, 0.3) is 0 Å². The Bertz CT molecular complexity index is 204. The Kier molecular flexibility index (Phi) is 5.14. The predicted octanol–water partition coefficient (Wildman–Crippen LogP) is -0.188. The van der Waals surface area contributed by atoms with Crippen molar-refractivity contribution in [1.29, 1.82) is 0 Å². The van der Waals surface area contributed by atoms with Crippen LogP contribution in [-0.4, -0.2) is 56.4 Å². The van der Waals surface area contributed by atoms with E-state index in [-0.39, 0.29) is 18.4 Å². The van der Waals surface area contributed by atoms with E-state index in [0.29, 0.717) is 32.3 Å². The third kappa shape index (κ3) is 3.52. The van der Waals surface area contributed by atoms with E-state index >= 15 is 0 Å². The van der Waals surface area contributed by atoms with Crippen LogP contribution in [0.2, 0.25) is 0 Å². The average Bonchev–Trinajstić information content (AvgIpc) is 2.72. The van der Waals surface area contributed by atoms with E-state index in [0.717, 1.165) is 19.5 Å². The van der Waals surface area contributed by atoms with Crippen molar-refractivity contribution < 1.29 is 9.53 Å². The average molecular weight is 236 g/mol. The fourth-order valence-electron chi connectivity index (χ4n) is 1.81. The fourth-order valence-corrected chi connectivity index (χ4v) is 1.81. The highest BCUT2D eigenvalue weighted by molar-refractivity contribution is 5.85. The first kappa shape index (κ1) is 12.5. The smallest absolute Gasteiger partial charge is 0.317 e. The van der Waals surface area contributed by atoms with Gasteiger partial charge in [-0.05, 0) is 13.0 Å². The highest BCUT2D eigenvalue weighted by Crippen LogP contribution is 2.01. The van der Waals surface area contributed by atoms with Gasteiger partial charge < -0.3 is 20.3 Å². The second kappa shape index (κ2) is 6.15. The second-order valence-corrected chi connectivity index (χ2v) is 3.74. The first-order valence-corrected chi connectivity index (χ1v) is 5.20. The molecule has 88 valence electrons. The fraction of sp³-hybridized carbons (Fsp3) is 0.889. The second-order valence-electron chi connectivity index (χ2n) is 3.74. The van der Waals surface area contributed by atoms with Crippen molar-refractivity contribution in [3.05, 3.63) is 0 Å². The lowest BCUT2D eigenvalue weighted by molar-refractivity contribution is 0.0526. The summed E-state index contributed by atoms with van der Waals surface area (Å²) in [7, 11) is 0. The lowest BCUT2D eigenvalue weighted by Crippen LogP contribution is -2.49. The highest BCUT2D eigenvalue weighted by Gasteiger charge is 2.21. The van der Waals surface area contributed by atoms with Crippen LogP contribution in [0.25, 0.3) is 0 Å². The molecule has 2 rings (SSSR count). The van der Waals surface area contributed by atoms with E-state index in [1.807, 2.05) is 4.90 Å². The van der Waals surface area contributed by atoms with Crippen LogP contribution in [0.5, 0.6) is 0 Å². The molecule has 0 radical (unpaired) electrons. The third-order valence-electron chi connectivity index (χ3n) is 2.69. The molecule has 2 saturated heterocycles. The zero-order valence-electron chi connectivity index (χ0n) is 8.70. The normalized spacial score (nSPS) is 25.9. The van der Waals surface area contributed by atoms with Gasteiger partial charge in [0.15, 0.2) is 0 Å². The summed E-state index contributed by atoms with van der Waals surface area (Å²) in [6.07, 6.45) is 1.04. The molecule has 2 fully saturated rings. The third-order valence-corrected chi connectivity index (χ3v) is 2.69. The molecule has 2 aliphatic rings. The number of nitrogens with zero attached hydrogens (tertiary/aromatic N) is 1. The van der Waals surface area contributed by atoms with Crippen molar-refractivity contribution in [2.45, 2.75) is 12.5 Å². The van der Waals surface area contributed by atoms with Crippen molar-refractivity contribution in [2.24, 2.45) is 0 Å². The zero-order chi connectivity index (χ0) is 9.80. The van der Waals surface area contributed by atoms with Crippen LogP contribution in [0.15, 0.2) is 0 Å². The Morgan fingerprint density at radius 1 is 1.40 bits per heavy atom. The van der Waals surface area contributed by atoms with Gasteiger partial charge in [0.2, 0.25) is 0 Å². The van der Waals surface area contributed by atoms with Crippen LogP contribution in [0.1, 0.15) is 6.42 Å². The number of rotatable bonds is 1. The zero-order valence-corrected chi connectivity index (χ0v) is 9.52. The maximum atomic E-state index is 11.7. The molecule has 2 aliphatic heterocycles. The first-order chi connectivity index (χ1) is 6.86. The maximum absolute atomic E-state index is 11.7. The molecule has 15 heavy (non-hydrogen) atoms. The van der Waals surface area contributed by atoms with Crippen LogP contribution in [0.3, 0.4) is 0 Å². The molecule has 0 spiro atoms. The number of carbonyl (C=O) groups excluding carboxylic acids is 1. The molecule has 0 bridgehead atoms. The molecule has 6 heteroatoms. The lowest BCUT2D eigenvalue weighted by atomic mass is 10.3. The topological polar surface area (TPSA) is 53.6 Å². The Morgan fingerprint density at radius 3 is 2.73 bits per heavy atom. The van der Waals surface area contributed by atoms with Gasteiger partial charge in [-0.2, -0.15) is 0 Å². The van der Waals surface area contributed by atoms with Gasteiger partial charge >= 0.3 is 6.03 Å². The Labute approximate surface area is 95.9 Å². The lowest BCUT2D eigenvalue weighted by Gasteiger charge is -2.28. The molecule has 2 N–H and O–H groups in total. The van der Waals surface area contributed by atoms with Crippen LogP contribution in [0, 0.1) is 0 Å². The SMILES string of the molecule is Cl.O=C(NC1CCNC1)N1CCOCC1. The number of hydrogen-bond acceptors (Lipinski definition) is 3. The Hall–Kier alpha value is -0.520. The number of urea groups is 1. The highest BCUT2D eigenvalue weighted by atomic mass is 35.5. The molecule has 0 saturated carbocycles. The van der Waals surface area contributed by atoms with Crippen molar-refractivity contribution in [3.8, 4) is 0 Å². The van der Waals surface area contributed by atoms with Gasteiger partial charge in [0, 0.05) is 25.7 Å². The van der Waals surface area contributed by atoms with Crippen LogP contribution < -0.4 is 10.6 Å². The quantitative estimate of drug-likeness (QED) is 0.663. The number of halogens is 1. The molecular formula is C9H18ClN3O2. The van der Waals surface area contributed by atoms with Crippen molar-refractivity contribution >= 4 is 18.4 Å². The summed E-state index contributed by atoms with van der Waals surface area (Å²) in [5, 5.41) is 6.24. The predicted molar refractivity (Wildman–Crippen MR) is 59.4 cm³/mol. The number of amides is 2. The van der Waals surface area contributed by atoms with E-state index in [4.69, 9.17) is 4.74 Å². The monoisotopic (exact) mass is 235 g/mol. The molecule has 1 atom stereocenters. The molecule has 0 aromatic heterocycles.